The van der Waals surface area contributed by atoms with Gasteiger partial charge in [-0.3, -0.25) is 4.79 Å². The maximum atomic E-state index is 12.0. The number of nitrogens with one attached hydrogen (secondary N) is 2. The fraction of sp³-hybridized carbons (Fsp3) is 0.769. The summed E-state index contributed by atoms with van der Waals surface area (Å²) >= 11 is 1.67. The number of carbonyl (C=O) groups excluding carboxylic acids is 1. The number of rotatable bonds is 5. The number of amides is 1. The molecule has 17 heavy (non-hydrogen) atoms. The number of carbonyl (C=O) groups is 1. The van der Waals surface area contributed by atoms with Crippen molar-refractivity contribution in [2.24, 2.45) is 5.41 Å². The minimum absolute atomic E-state index is 0.0499. The third-order valence-corrected chi connectivity index (χ3v) is 3.98. The Morgan fingerprint density at radius 1 is 1.65 bits per heavy atom. The van der Waals surface area contributed by atoms with E-state index in [0.717, 1.165) is 25.1 Å². The summed E-state index contributed by atoms with van der Waals surface area (Å²) in [7, 11) is 0. The average molecular weight is 254 g/mol. The Hall–Kier alpha value is -0.660. The summed E-state index contributed by atoms with van der Waals surface area (Å²) in [6.07, 6.45) is 7.40. The Kier molecular flexibility index (Phi) is 5.87. The quantitative estimate of drug-likeness (QED) is 0.573. The van der Waals surface area contributed by atoms with Gasteiger partial charge in [0.05, 0.1) is 11.8 Å². The van der Waals surface area contributed by atoms with Crippen LogP contribution in [0, 0.1) is 17.8 Å². The van der Waals surface area contributed by atoms with Crippen LogP contribution in [0.3, 0.4) is 0 Å². The van der Waals surface area contributed by atoms with Gasteiger partial charge in [-0.25, -0.2) is 0 Å². The fourth-order valence-corrected chi connectivity index (χ4v) is 2.65. The summed E-state index contributed by atoms with van der Waals surface area (Å²) in [5.74, 6) is 4.28. The van der Waals surface area contributed by atoms with Crippen LogP contribution in [0.15, 0.2) is 0 Å². The van der Waals surface area contributed by atoms with Crippen LogP contribution in [-0.2, 0) is 4.79 Å². The van der Waals surface area contributed by atoms with Gasteiger partial charge >= 0.3 is 0 Å². The van der Waals surface area contributed by atoms with Crippen molar-refractivity contribution in [3.63, 3.8) is 0 Å². The summed E-state index contributed by atoms with van der Waals surface area (Å²) in [4.78, 5) is 12.0. The van der Waals surface area contributed by atoms with E-state index in [4.69, 9.17) is 6.42 Å². The Labute approximate surface area is 108 Å². The number of hydrogen-bond donors (Lipinski definition) is 2. The van der Waals surface area contributed by atoms with Gasteiger partial charge in [-0.2, -0.15) is 0 Å². The first-order valence-corrected chi connectivity index (χ1v) is 7.26. The molecule has 3 nitrogen and oxygen atoms in total. The SMILES string of the molecule is C#CCSCCNC(=O)C1NCCCC1(C)C. The van der Waals surface area contributed by atoms with Gasteiger partial charge in [0.25, 0.3) is 0 Å². The van der Waals surface area contributed by atoms with Gasteiger partial charge in [-0.1, -0.05) is 19.8 Å². The van der Waals surface area contributed by atoms with E-state index in [0.29, 0.717) is 12.3 Å². The van der Waals surface area contributed by atoms with Crippen molar-refractivity contribution < 1.29 is 4.79 Å². The molecule has 1 unspecified atom stereocenters. The highest BCUT2D eigenvalue weighted by molar-refractivity contribution is 7.99. The summed E-state index contributed by atoms with van der Waals surface area (Å²) < 4.78 is 0. The lowest BCUT2D eigenvalue weighted by Crippen LogP contribution is -2.55. The highest BCUT2D eigenvalue weighted by Crippen LogP contribution is 2.29. The molecule has 1 aliphatic heterocycles. The average Bonchev–Trinajstić information content (AvgIpc) is 2.28. The number of hydrogen-bond acceptors (Lipinski definition) is 3. The lowest BCUT2D eigenvalue weighted by molar-refractivity contribution is -0.126. The third-order valence-electron chi connectivity index (χ3n) is 3.12. The predicted octanol–water partition coefficient (Wildman–Crippen LogP) is 1.25. The molecule has 1 heterocycles. The second-order valence-electron chi connectivity index (χ2n) is 5.03. The van der Waals surface area contributed by atoms with E-state index in [-0.39, 0.29) is 17.4 Å². The molecule has 0 aromatic rings. The second-order valence-corrected chi connectivity index (χ2v) is 6.13. The van der Waals surface area contributed by atoms with Crippen molar-refractivity contribution in [3.8, 4) is 12.3 Å². The standard InChI is InChI=1S/C13H22N2OS/c1-4-9-17-10-8-15-12(16)11-13(2,3)6-5-7-14-11/h1,11,14H,5-10H2,2-3H3,(H,15,16). The molecule has 1 amide bonds. The van der Waals surface area contributed by atoms with Crippen molar-refractivity contribution in [1.82, 2.24) is 10.6 Å². The van der Waals surface area contributed by atoms with Gasteiger partial charge in [0.1, 0.15) is 0 Å². The zero-order valence-electron chi connectivity index (χ0n) is 10.7. The van der Waals surface area contributed by atoms with Gasteiger partial charge in [0.2, 0.25) is 5.91 Å². The van der Waals surface area contributed by atoms with Crippen LogP contribution in [0.4, 0.5) is 0 Å². The lowest BCUT2D eigenvalue weighted by atomic mass is 9.77. The molecule has 0 aromatic heterocycles. The molecule has 0 radical (unpaired) electrons. The number of piperidine rings is 1. The Morgan fingerprint density at radius 3 is 3.06 bits per heavy atom. The van der Waals surface area contributed by atoms with E-state index in [1.807, 2.05) is 0 Å². The third kappa shape index (κ3) is 4.61. The summed E-state index contributed by atoms with van der Waals surface area (Å²) in [6, 6.07) is -0.0612. The molecule has 0 spiro atoms. The Bertz CT molecular complexity index is 296. The smallest absolute Gasteiger partial charge is 0.237 e. The van der Waals surface area contributed by atoms with Gasteiger partial charge in [0, 0.05) is 12.3 Å². The number of terminal acetylenes is 1. The van der Waals surface area contributed by atoms with E-state index >= 15 is 0 Å². The highest BCUT2D eigenvalue weighted by atomic mass is 32.2. The molecule has 1 atom stereocenters. The minimum Gasteiger partial charge on any atom is -0.354 e. The van der Waals surface area contributed by atoms with Gasteiger partial charge < -0.3 is 10.6 Å². The van der Waals surface area contributed by atoms with Crippen LogP contribution in [-0.4, -0.2) is 36.5 Å². The molecule has 0 aromatic carbocycles. The van der Waals surface area contributed by atoms with Crippen molar-refractivity contribution >= 4 is 17.7 Å². The predicted molar refractivity (Wildman–Crippen MR) is 74.0 cm³/mol. The van der Waals surface area contributed by atoms with Crippen LogP contribution in [0.1, 0.15) is 26.7 Å². The van der Waals surface area contributed by atoms with Crippen LogP contribution in [0.25, 0.3) is 0 Å². The molecular weight excluding hydrogens is 232 g/mol. The van der Waals surface area contributed by atoms with Crippen molar-refractivity contribution in [3.05, 3.63) is 0 Å². The summed E-state index contributed by atoms with van der Waals surface area (Å²) in [6.45, 7) is 5.93. The van der Waals surface area contributed by atoms with Gasteiger partial charge in [-0.15, -0.1) is 18.2 Å². The maximum Gasteiger partial charge on any atom is 0.237 e. The lowest BCUT2D eigenvalue weighted by Gasteiger charge is -2.38. The van der Waals surface area contributed by atoms with Crippen LogP contribution in [0.5, 0.6) is 0 Å². The first kappa shape index (κ1) is 14.4. The van der Waals surface area contributed by atoms with E-state index in [1.165, 1.54) is 0 Å². The second kappa shape index (κ2) is 6.93. The van der Waals surface area contributed by atoms with Crippen LogP contribution >= 0.6 is 11.8 Å². The molecule has 0 saturated carbocycles. The molecule has 2 N–H and O–H groups in total. The van der Waals surface area contributed by atoms with Crippen LogP contribution < -0.4 is 10.6 Å². The van der Waals surface area contributed by atoms with Gasteiger partial charge in [-0.05, 0) is 24.8 Å². The first-order valence-electron chi connectivity index (χ1n) is 6.10. The van der Waals surface area contributed by atoms with Crippen molar-refractivity contribution in [2.45, 2.75) is 32.7 Å². The van der Waals surface area contributed by atoms with Crippen molar-refractivity contribution in [2.75, 3.05) is 24.6 Å². The van der Waals surface area contributed by atoms with E-state index in [2.05, 4.69) is 30.4 Å². The zero-order chi connectivity index (χ0) is 12.7. The van der Waals surface area contributed by atoms with Crippen molar-refractivity contribution in [1.29, 1.82) is 0 Å². The van der Waals surface area contributed by atoms with E-state index in [1.54, 1.807) is 11.8 Å². The Balaban J connectivity index is 2.29. The molecule has 4 heteroatoms. The fourth-order valence-electron chi connectivity index (χ4n) is 2.14. The first-order chi connectivity index (χ1) is 8.08. The van der Waals surface area contributed by atoms with E-state index < -0.39 is 0 Å². The largest absolute Gasteiger partial charge is 0.354 e. The molecule has 1 aliphatic rings. The molecule has 1 saturated heterocycles. The molecule has 1 fully saturated rings. The minimum atomic E-state index is -0.0612. The molecule has 0 aliphatic carbocycles. The normalized spacial score (nSPS) is 22.8. The highest BCUT2D eigenvalue weighted by Gasteiger charge is 2.36. The monoisotopic (exact) mass is 254 g/mol. The summed E-state index contributed by atoms with van der Waals surface area (Å²) in [5.41, 5.74) is 0.0499. The van der Waals surface area contributed by atoms with Gasteiger partial charge in [0.15, 0.2) is 0 Å². The maximum absolute atomic E-state index is 12.0. The van der Waals surface area contributed by atoms with E-state index in [9.17, 15) is 4.79 Å². The Morgan fingerprint density at radius 2 is 2.41 bits per heavy atom. The number of thioether (sulfide) groups is 1. The van der Waals surface area contributed by atoms with Crippen LogP contribution in [0.2, 0.25) is 0 Å². The molecule has 0 bridgehead atoms. The molecular formula is C13H22N2OS. The topological polar surface area (TPSA) is 41.1 Å². The zero-order valence-corrected chi connectivity index (χ0v) is 11.5. The molecule has 96 valence electrons. The summed E-state index contributed by atoms with van der Waals surface area (Å²) in [5, 5.41) is 6.29. The molecule has 1 rings (SSSR count).